The largest absolute Gasteiger partial charge is 0.444 e. The van der Waals surface area contributed by atoms with Crippen molar-refractivity contribution in [3.05, 3.63) is 64.4 Å². The summed E-state index contributed by atoms with van der Waals surface area (Å²) in [6.07, 6.45) is -0.436. The summed E-state index contributed by atoms with van der Waals surface area (Å²) < 4.78 is 19.0. The normalized spacial score (nSPS) is 16.8. The lowest BCUT2D eigenvalue weighted by Crippen LogP contribution is -2.46. The highest BCUT2D eigenvalue weighted by Crippen LogP contribution is 2.31. The zero-order valence-electron chi connectivity index (χ0n) is 16.9. The Morgan fingerprint density at radius 2 is 1.86 bits per heavy atom. The molecule has 0 saturated heterocycles. The predicted molar refractivity (Wildman–Crippen MR) is 111 cm³/mol. The molecule has 1 aliphatic heterocycles. The maximum Gasteiger partial charge on any atom is 0.410 e. The number of hydrogen-bond donors (Lipinski definition) is 0. The molecule has 1 aliphatic rings. The van der Waals surface area contributed by atoms with Crippen LogP contribution in [-0.2, 0) is 11.3 Å². The Bertz CT molecular complexity index is 942. The van der Waals surface area contributed by atoms with Crippen molar-refractivity contribution in [1.29, 1.82) is 0 Å². The number of fused-ring (bicyclic) bond motifs is 1. The first-order valence-electron chi connectivity index (χ1n) is 9.41. The van der Waals surface area contributed by atoms with Crippen molar-refractivity contribution in [3.8, 4) is 0 Å². The van der Waals surface area contributed by atoms with Crippen molar-refractivity contribution >= 4 is 29.3 Å². The molecule has 1 atom stereocenters. The zero-order valence-corrected chi connectivity index (χ0v) is 17.7. The minimum Gasteiger partial charge on any atom is -0.444 e. The molecule has 2 aromatic carbocycles. The highest BCUT2D eigenvalue weighted by atomic mass is 35.5. The molecule has 2 amide bonds. The monoisotopic (exact) mass is 418 g/mol. The number of nitrogens with zero attached hydrogens (tertiary/aromatic N) is 2. The number of anilines is 1. The molecule has 0 spiro atoms. The molecule has 0 bridgehead atoms. The third-order valence-corrected chi connectivity index (χ3v) is 4.95. The van der Waals surface area contributed by atoms with Gasteiger partial charge in [0, 0.05) is 12.2 Å². The van der Waals surface area contributed by atoms with E-state index in [0.717, 1.165) is 11.6 Å². The van der Waals surface area contributed by atoms with Crippen LogP contribution in [0.15, 0.2) is 42.5 Å². The second-order valence-electron chi connectivity index (χ2n) is 8.13. The molecule has 5 nitrogen and oxygen atoms in total. The van der Waals surface area contributed by atoms with Crippen LogP contribution in [0.25, 0.3) is 0 Å². The third kappa shape index (κ3) is 4.70. The number of para-hydroxylation sites is 1. The smallest absolute Gasteiger partial charge is 0.410 e. The van der Waals surface area contributed by atoms with Crippen LogP contribution in [0.2, 0.25) is 5.02 Å². The molecule has 0 unspecified atom stereocenters. The Morgan fingerprint density at radius 1 is 1.17 bits per heavy atom. The Morgan fingerprint density at radius 3 is 2.52 bits per heavy atom. The summed E-state index contributed by atoms with van der Waals surface area (Å²) in [5.41, 5.74) is 1.09. The average molecular weight is 419 g/mol. The fraction of sp³-hybridized carbons (Fsp3) is 0.364. The molecule has 3 rings (SSSR count). The van der Waals surface area contributed by atoms with Gasteiger partial charge in [0.2, 0.25) is 0 Å². The van der Waals surface area contributed by atoms with Gasteiger partial charge in [-0.15, -0.1) is 0 Å². The van der Waals surface area contributed by atoms with E-state index in [0.29, 0.717) is 12.2 Å². The molecular formula is C22H24ClFN2O3. The Hall–Kier alpha value is -2.60. The number of amides is 2. The molecule has 2 aromatic rings. The van der Waals surface area contributed by atoms with Gasteiger partial charge in [-0.2, -0.15) is 0 Å². The molecule has 1 heterocycles. The van der Waals surface area contributed by atoms with E-state index in [9.17, 15) is 14.0 Å². The zero-order chi connectivity index (χ0) is 21.3. The second-order valence-corrected chi connectivity index (χ2v) is 8.53. The number of rotatable bonds is 1. The van der Waals surface area contributed by atoms with Crippen molar-refractivity contribution in [2.24, 2.45) is 0 Å². The van der Waals surface area contributed by atoms with E-state index < -0.39 is 17.5 Å². The van der Waals surface area contributed by atoms with E-state index >= 15 is 0 Å². The summed E-state index contributed by atoms with van der Waals surface area (Å²) in [5.74, 6) is -0.854. The van der Waals surface area contributed by atoms with Gasteiger partial charge in [-0.3, -0.25) is 9.69 Å². The van der Waals surface area contributed by atoms with Gasteiger partial charge >= 0.3 is 6.09 Å². The number of halogens is 2. The van der Waals surface area contributed by atoms with E-state index in [1.807, 2.05) is 52.0 Å². The molecule has 0 aliphatic carbocycles. The highest BCUT2D eigenvalue weighted by molar-refractivity contribution is 6.34. The topological polar surface area (TPSA) is 49.9 Å². The van der Waals surface area contributed by atoms with Crippen LogP contribution >= 0.6 is 11.6 Å². The molecule has 154 valence electrons. The van der Waals surface area contributed by atoms with Crippen molar-refractivity contribution in [1.82, 2.24) is 4.90 Å². The van der Waals surface area contributed by atoms with E-state index in [2.05, 4.69) is 0 Å². The van der Waals surface area contributed by atoms with Gasteiger partial charge in [0.05, 0.1) is 23.2 Å². The SMILES string of the molecule is C[C@@H]1CN(C(=O)c2ccc(F)cc2Cl)c2ccccc2CN1C(=O)OC(C)(C)C. The molecule has 0 fully saturated rings. The van der Waals surface area contributed by atoms with Crippen molar-refractivity contribution in [3.63, 3.8) is 0 Å². The first kappa shape index (κ1) is 21.1. The minimum atomic E-state index is -0.625. The summed E-state index contributed by atoms with van der Waals surface area (Å²) >= 11 is 6.13. The average Bonchev–Trinajstić information content (AvgIpc) is 2.77. The lowest BCUT2D eigenvalue weighted by atomic mass is 10.1. The Kier molecular flexibility index (Phi) is 5.85. The van der Waals surface area contributed by atoms with Crippen LogP contribution in [0, 0.1) is 5.82 Å². The number of benzene rings is 2. The van der Waals surface area contributed by atoms with Crippen LogP contribution in [0.4, 0.5) is 14.9 Å². The summed E-state index contributed by atoms with van der Waals surface area (Å²) in [5, 5.41) is 0.0494. The van der Waals surface area contributed by atoms with Gasteiger partial charge in [0.1, 0.15) is 11.4 Å². The predicted octanol–water partition coefficient (Wildman–Crippen LogP) is 5.27. The quantitative estimate of drug-likeness (QED) is 0.634. The van der Waals surface area contributed by atoms with Crippen LogP contribution in [-0.4, -0.2) is 35.1 Å². The van der Waals surface area contributed by atoms with Crippen LogP contribution in [0.3, 0.4) is 0 Å². The van der Waals surface area contributed by atoms with E-state index in [1.165, 1.54) is 12.1 Å². The maximum atomic E-state index is 13.4. The van der Waals surface area contributed by atoms with Crippen molar-refractivity contribution in [2.45, 2.75) is 45.9 Å². The van der Waals surface area contributed by atoms with Gasteiger partial charge in [0.15, 0.2) is 0 Å². The molecule has 0 aromatic heterocycles. The highest BCUT2D eigenvalue weighted by Gasteiger charge is 2.34. The molecule has 0 N–H and O–H groups in total. The van der Waals surface area contributed by atoms with E-state index in [-0.39, 0.29) is 29.1 Å². The summed E-state index contributed by atoms with van der Waals surface area (Å²) in [6.45, 7) is 7.87. The number of hydrogen-bond acceptors (Lipinski definition) is 3. The first-order valence-corrected chi connectivity index (χ1v) is 9.79. The van der Waals surface area contributed by atoms with Gasteiger partial charge in [0.25, 0.3) is 5.91 Å². The Labute approximate surface area is 175 Å². The molecular weight excluding hydrogens is 395 g/mol. The van der Waals surface area contributed by atoms with Crippen molar-refractivity contribution < 1.29 is 18.7 Å². The minimum absolute atomic E-state index is 0.0494. The van der Waals surface area contributed by atoms with Gasteiger partial charge in [-0.1, -0.05) is 29.8 Å². The van der Waals surface area contributed by atoms with Gasteiger partial charge in [-0.25, -0.2) is 9.18 Å². The summed E-state index contributed by atoms with van der Waals surface area (Å²) in [7, 11) is 0. The van der Waals surface area contributed by atoms with Crippen LogP contribution < -0.4 is 4.90 Å². The van der Waals surface area contributed by atoms with Gasteiger partial charge in [-0.05, 0) is 57.5 Å². The van der Waals surface area contributed by atoms with E-state index in [1.54, 1.807) is 9.80 Å². The molecule has 7 heteroatoms. The molecule has 0 radical (unpaired) electrons. The molecule has 0 saturated carbocycles. The van der Waals surface area contributed by atoms with E-state index in [4.69, 9.17) is 16.3 Å². The Balaban J connectivity index is 1.98. The van der Waals surface area contributed by atoms with Crippen LogP contribution in [0.1, 0.15) is 43.6 Å². The van der Waals surface area contributed by atoms with Crippen LogP contribution in [0.5, 0.6) is 0 Å². The maximum absolute atomic E-state index is 13.4. The summed E-state index contributed by atoms with van der Waals surface area (Å²) in [6, 6.07) is 10.8. The number of ether oxygens (including phenoxy) is 1. The van der Waals surface area contributed by atoms with Crippen molar-refractivity contribution in [2.75, 3.05) is 11.4 Å². The standard InChI is InChI=1S/C22H24ClFN2O3/c1-14-12-26(20(27)17-10-9-16(24)11-18(17)23)19-8-6-5-7-15(19)13-25(14)21(28)29-22(2,3)4/h5-11,14H,12-13H2,1-4H3/t14-/m1/s1. The summed E-state index contributed by atoms with van der Waals surface area (Å²) in [4.78, 5) is 29.2. The molecule has 29 heavy (non-hydrogen) atoms. The third-order valence-electron chi connectivity index (χ3n) is 4.64. The number of carbonyl (C=O) groups excluding carboxylic acids is 2. The number of carbonyl (C=O) groups is 2. The fourth-order valence-corrected chi connectivity index (χ4v) is 3.52. The first-order chi connectivity index (χ1) is 13.6. The fourth-order valence-electron chi connectivity index (χ4n) is 3.27. The lowest BCUT2D eigenvalue weighted by molar-refractivity contribution is 0.0167. The lowest BCUT2D eigenvalue weighted by Gasteiger charge is -2.31. The van der Waals surface area contributed by atoms with Gasteiger partial charge < -0.3 is 9.64 Å². The second kappa shape index (κ2) is 8.03.